The lowest BCUT2D eigenvalue weighted by Crippen LogP contribution is -2.31. The normalized spacial score (nSPS) is 11.1. The molecule has 0 aliphatic carbocycles. The Balaban J connectivity index is 1.80. The van der Waals surface area contributed by atoms with Crippen molar-refractivity contribution in [2.45, 2.75) is 6.92 Å². The standard InChI is InChI=1S/C21H19NO3/c1-2-22(14-8-11-16-9-4-3-5-10-16)21(24)20-15-18(23)17-12-6-7-13-19(17)25-20/h3-13,15H,2,14H2,1H3. The summed E-state index contributed by atoms with van der Waals surface area (Å²) in [5.74, 6) is -0.221. The number of nitrogens with zero attached hydrogens (tertiary/aromatic N) is 1. The molecule has 0 aliphatic heterocycles. The molecule has 0 saturated carbocycles. The molecule has 4 heteroatoms. The van der Waals surface area contributed by atoms with E-state index in [0.717, 1.165) is 5.56 Å². The maximum atomic E-state index is 12.7. The van der Waals surface area contributed by atoms with E-state index in [1.54, 1.807) is 29.2 Å². The molecular formula is C21H19NO3. The van der Waals surface area contributed by atoms with Crippen LogP contribution in [0.3, 0.4) is 0 Å². The van der Waals surface area contributed by atoms with Crippen molar-refractivity contribution >= 4 is 23.0 Å². The van der Waals surface area contributed by atoms with E-state index >= 15 is 0 Å². The molecule has 0 N–H and O–H groups in total. The molecule has 0 saturated heterocycles. The SMILES string of the molecule is CCN(CC=Cc1ccccc1)C(=O)c1cc(=O)c2ccccc2o1. The number of fused-ring (bicyclic) bond motifs is 1. The van der Waals surface area contributed by atoms with Crippen molar-refractivity contribution < 1.29 is 9.21 Å². The first-order chi connectivity index (χ1) is 12.2. The molecule has 0 bridgehead atoms. The number of rotatable bonds is 5. The highest BCUT2D eigenvalue weighted by Crippen LogP contribution is 2.13. The van der Waals surface area contributed by atoms with Crippen molar-refractivity contribution in [3.05, 3.63) is 88.3 Å². The van der Waals surface area contributed by atoms with Gasteiger partial charge in [-0.15, -0.1) is 0 Å². The lowest BCUT2D eigenvalue weighted by atomic mass is 10.2. The second-order valence-electron chi connectivity index (χ2n) is 5.63. The van der Waals surface area contributed by atoms with Crippen LogP contribution in [-0.4, -0.2) is 23.9 Å². The smallest absolute Gasteiger partial charge is 0.289 e. The van der Waals surface area contributed by atoms with E-state index in [1.807, 2.05) is 49.4 Å². The van der Waals surface area contributed by atoms with Crippen LogP contribution in [0.15, 0.2) is 76.0 Å². The van der Waals surface area contributed by atoms with Crippen LogP contribution in [0.25, 0.3) is 17.0 Å². The second kappa shape index (κ2) is 7.62. The van der Waals surface area contributed by atoms with Gasteiger partial charge in [-0.1, -0.05) is 54.6 Å². The summed E-state index contributed by atoms with van der Waals surface area (Å²) in [5.41, 5.74) is 1.29. The minimum Gasteiger partial charge on any atom is -0.451 e. The number of para-hydroxylation sites is 1. The zero-order chi connectivity index (χ0) is 17.6. The minimum absolute atomic E-state index is 0.0682. The van der Waals surface area contributed by atoms with Crippen molar-refractivity contribution in [3.8, 4) is 0 Å². The minimum atomic E-state index is -0.289. The topological polar surface area (TPSA) is 50.5 Å². The van der Waals surface area contributed by atoms with E-state index in [2.05, 4.69) is 0 Å². The summed E-state index contributed by atoms with van der Waals surface area (Å²) >= 11 is 0. The summed E-state index contributed by atoms with van der Waals surface area (Å²) in [5, 5.41) is 0.478. The highest BCUT2D eigenvalue weighted by Gasteiger charge is 2.17. The summed E-state index contributed by atoms with van der Waals surface area (Å²) in [7, 11) is 0. The average molecular weight is 333 g/mol. The van der Waals surface area contributed by atoms with E-state index < -0.39 is 0 Å². The third-order valence-electron chi connectivity index (χ3n) is 3.95. The third-order valence-corrected chi connectivity index (χ3v) is 3.95. The fourth-order valence-corrected chi connectivity index (χ4v) is 2.60. The van der Waals surface area contributed by atoms with Crippen molar-refractivity contribution in [1.29, 1.82) is 0 Å². The lowest BCUT2D eigenvalue weighted by molar-refractivity contribution is 0.0751. The molecule has 0 spiro atoms. The molecule has 0 unspecified atom stereocenters. The number of carbonyl (C=O) groups excluding carboxylic acids is 1. The van der Waals surface area contributed by atoms with Gasteiger partial charge in [-0.25, -0.2) is 0 Å². The van der Waals surface area contributed by atoms with Crippen LogP contribution in [0.2, 0.25) is 0 Å². The maximum absolute atomic E-state index is 12.7. The van der Waals surface area contributed by atoms with Crippen molar-refractivity contribution in [3.63, 3.8) is 0 Å². The number of hydrogen-bond donors (Lipinski definition) is 0. The first kappa shape index (κ1) is 16.7. The van der Waals surface area contributed by atoms with Gasteiger partial charge in [0, 0.05) is 19.2 Å². The number of likely N-dealkylation sites (N-methyl/N-ethyl adjacent to an activating group) is 1. The van der Waals surface area contributed by atoms with Gasteiger partial charge in [0.1, 0.15) is 5.58 Å². The molecular weight excluding hydrogens is 314 g/mol. The van der Waals surface area contributed by atoms with E-state index in [4.69, 9.17) is 4.42 Å². The number of carbonyl (C=O) groups is 1. The molecule has 25 heavy (non-hydrogen) atoms. The first-order valence-electron chi connectivity index (χ1n) is 8.23. The molecule has 4 nitrogen and oxygen atoms in total. The fraction of sp³-hybridized carbons (Fsp3) is 0.143. The van der Waals surface area contributed by atoms with Crippen LogP contribution in [0, 0.1) is 0 Å². The van der Waals surface area contributed by atoms with Gasteiger partial charge in [-0.2, -0.15) is 0 Å². The molecule has 0 aliphatic rings. The molecule has 0 atom stereocenters. The van der Waals surface area contributed by atoms with Crippen LogP contribution >= 0.6 is 0 Å². The predicted molar refractivity (Wildman–Crippen MR) is 99.5 cm³/mol. The molecule has 0 radical (unpaired) electrons. The molecule has 126 valence electrons. The van der Waals surface area contributed by atoms with Crippen molar-refractivity contribution in [1.82, 2.24) is 4.90 Å². The van der Waals surface area contributed by atoms with Gasteiger partial charge in [0.05, 0.1) is 5.39 Å². The summed E-state index contributed by atoms with van der Waals surface area (Å²) in [4.78, 5) is 26.5. The van der Waals surface area contributed by atoms with E-state index in [-0.39, 0.29) is 17.1 Å². The number of benzene rings is 2. The Kier molecular flexibility index (Phi) is 5.09. The largest absolute Gasteiger partial charge is 0.451 e. The Morgan fingerprint density at radius 2 is 1.80 bits per heavy atom. The molecule has 1 aromatic heterocycles. The fourth-order valence-electron chi connectivity index (χ4n) is 2.60. The molecule has 2 aromatic carbocycles. The molecule has 3 aromatic rings. The molecule has 3 rings (SSSR count). The Hall–Kier alpha value is -3.14. The monoisotopic (exact) mass is 333 g/mol. The van der Waals surface area contributed by atoms with Gasteiger partial charge < -0.3 is 9.32 Å². The predicted octanol–water partition coefficient (Wildman–Crippen LogP) is 3.97. The number of hydrogen-bond acceptors (Lipinski definition) is 3. The summed E-state index contributed by atoms with van der Waals surface area (Å²) in [6, 6.07) is 18.1. The average Bonchev–Trinajstić information content (AvgIpc) is 2.65. The van der Waals surface area contributed by atoms with Crippen LogP contribution < -0.4 is 5.43 Å². The zero-order valence-electron chi connectivity index (χ0n) is 14.0. The van der Waals surface area contributed by atoms with Crippen LogP contribution in [-0.2, 0) is 0 Å². The Morgan fingerprint density at radius 1 is 1.08 bits per heavy atom. The highest BCUT2D eigenvalue weighted by molar-refractivity contribution is 5.93. The molecule has 1 amide bonds. The van der Waals surface area contributed by atoms with E-state index in [1.165, 1.54) is 6.07 Å². The van der Waals surface area contributed by atoms with Gasteiger partial charge in [-0.3, -0.25) is 9.59 Å². The van der Waals surface area contributed by atoms with Gasteiger partial charge in [0.25, 0.3) is 5.91 Å². The maximum Gasteiger partial charge on any atom is 0.289 e. The summed E-state index contributed by atoms with van der Waals surface area (Å²) in [6.45, 7) is 2.86. The van der Waals surface area contributed by atoms with E-state index in [9.17, 15) is 9.59 Å². The van der Waals surface area contributed by atoms with Crippen LogP contribution in [0.4, 0.5) is 0 Å². The van der Waals surface area contributed by atoms with E-state index in [0.29, 0.717) is 24.1 Å². The van der Waals surface area contributed by atoms with Gasteiger partial charge in [-0.05, 0) is 24.6 Å². The summed E-state index contributed by atoms with van der Waals surface area (Å²) in [6.07, 6.45) is 3.89. The zero-order valence-corrected chi connectivity index (χ0v) is 14.0. The Labute approximate surface area is 146 Å². The lowest BCUT2D eigenvalue weighted by Gasteiger charge is -2.18. The van der Waals surface area contributed by atoms with Gasteiger partial charge in [0.2, 0.25) is 0 Å². The van der Waals surface area contributed by atoms with Crippen molar-refractivity contribution in [2.24, 2.45) is 0 Å². The Bertz CT molecular complexity index is 958. The van der Waals surface area contributed by atoms with Crippen molar-refractivity contribution in [2.75, 3.05) is 13.1 Å². The van der Waals surface area contributed by atoms with Gasteiger partial charge in [0.15, 0.2) is 11.2 Å². The quantitative estimate of drug-likeness (QED) is 0.710. The third kappa shape index (κ3) is 3.86. The van der Waals surface area contributed by atoms with Crippen LogP contribution in [0.1, 0.15) is 23.0 Å². The highest BCUT2D eigenvalue weighted by atomic mass is 16.3. The summed E-state index contributed by atoms with van der Waals surface area (Å²) < 4.78 is 5.64. The number of amides is 1. The molecule has 1 heterocycles. The molecule has 0 fully saturated rings. The Morgan fingerprint density at radius 3 is 2.56 bits per heavy atom. The van der Waals surface area contributed by atoms with Gasteiger partial charge >= 0.3 is 0 Å². The van der Waals surface area contributed by atoms with Crippen LogP contribution in [0.5, 0.6) is 0 Å². The second-order valence-corrected chi connectivity index (χ2v) is 5.63. The first-order valence-corrected chi connectivity index (χ1v) is 8.23.